The van der Waals surface area contributed by atoms with E-state index in [0.29, 0.717) is 16.8 Å². The van der Waals surface area contributed by atoms with E-state index >= 15 is 0 Å². The summed E-state index contributed by atoms with van der Waals surface area (Å²) in [5.41, 5.74) is 1.82. The van der Waals surface area contributed by atoms with Gasteiger partial charge in [-0.05, 0) is 37.1 Å². The summed E-state index contributed by atoms with van der Waals surface area (Å²) in [5, 5.41) is 13.6. The normalized spacial score (nSPS) is 13.8. The molecule has 4 rings (SSSR count). The third kappa shape index (κ3) is 3.30. The highest BCUT2D eigenvalue weighted by Gasteiger charge is 2.25. The first-order chi connectivity index (χ1) is 11.7. The van der Waals surface area contributed by atoms with Crippen molar-refractivity contribution in [2.75, 3.05) is 10.6 Å². The fraction of sp³-hybridized carbons (Fsp3) is 0.188. The summed E-state index contributed by atoms with van der Waals surface area (Å²) in [6.45, 7) is 0. The number of nitrogens with one attached hydrogen (secondary N) is 3. The van der Waals surface area contributed by atoms with E-state index in [-0.39, 0.29) is 11.8 Å². The lowest BCUT2D eigenvalue weighted by Gasteiger charge is -2.08. The molecule has 1 saturated carbocycles. The molecule has 0 atom stereocenters. The highest BCUT2D eigenvalue weighted by atomic mass is 35.5. The SMILES string of the molecule is Fc1cnc(Nc2ccc(Cl)cc2)nc1Nc1cc(C2CC2)[nH]n1. The van der Waals surface area contributed by atoms with E-state index in [9.17, 15) is 4.39 Å². The first-order valence-electron chi connectivity index (χ1n) is 7.55. The van der Waals surface area contributed by atoms with Gasteiger partial charge < -0.3 is 10.6 Å². The van der Waals surface area contributed by atoms with Gasteiger partial charge in [-0.3, -0.25) is 5.10 Å². The van der Waals surface area contributed by atoms with Crippen LogP contribution in [0.3, 0.4) is 0 Å². The molecule has 122 valence electrons. The molecule has 0 unspecified atom stereocenters. The standard InChI is InChI=1S/C16H14ClFN6/c17-10-3-5-11(6-4-10)20-16-19-8-12(18)15(22-16)21-14-7-13(23-24-14)9-1-2-9/h3-9H,1-2H2,(H3,19,20,21,22,23,24). The van der Waals surface area contributed by atoms with Crippen LogP contribution in [0.4, 0.5) is 27.7 Å². The van der Waals surface area contributed by atoms with Gasteiger partial charge in [-0.2, -0.15) is 10.1 Å². The minimum absolute atomic E-state index is 0.0651. The second-order valence-electron chi connectivity index (χ2n) is 5.63. The molecule has 0 aliphatic heterocycles. The van der Waals surface area contributed by atoms with Crippen LogP contribution < -0.4 is 10.6 Å². The van der Waals surface area contributed by atoms with E-state index in [1.807, 2.05) is 6.07 Å². The van der Waals surface area contributed by atoms with Gasteiger partial charge in [-0.25, -0.2) is 9.37 Å². The Morgan fingerprint density at radius 3 is 2.71 bits per heavy atom. The second-order valence-corrected chi connectivity index (χ2v) is 6.07. The van der Waals surface area contributed by atoms with Crippen molar-refractivity contribution in [3.8, 4) is 0 Å². The average molecular weight is 345 g/mol. The molecule has 0 spiro atoms. The third-order valence-electron chi connectivity index (χ3n) is 3.71. The van der Waals surface area contributed by atoms with Crippen molar-refractivity contribution in [3.63, 3.8) is 0 Å². The van der Waals surface area contributed by atoms with Crippen molar-refractivity contribution in [2.24, 2.45) is 0 Å². The van der Waals surface area contributed by atoms with Gasteiger partial charge in [0, 0.05) is 28.4 Å². The summed E-state index contributed by atoms with van der Waals surface area (Å²) in [7, 11) is 0. The van der Waals surface area contributed by atoms with Gasteiger partial charge in [0.2, 0.25) is 5.95 Å². The van der Waals surface area contributed by atoms with Crippen molar-refractivity contribution >= 4 is 34.9 Å². The van der Waals surface area contributed by atoms with Crippen LogP contribution in [0.5, 0.6) is 0 Å². The Kier molecular flexibility index (Phi) is 3.78. The van der Waals surface area contributed by atoms with Crippen molar-refractivity contribution in [2.45, 2.75) is 18.8 Å². The Balaban J connectivity index is 1.52. The lowest BCUT2D eigenvalue weighted by molar-refractivity contribution is 0.619. The van der Waals surface area contributed by atoms with Crippen molar-refractivity contribution < 1.29 is 4.39 Å². The number of benzene rings is 1. The van der Waals surface area contributed by atoms with Crippen LogP contribution in [-0.4, -0.2) is 20.2 Å². The molecule has 1 aromatic carbocycles. The van der Waals surface area contributed by atoms with Gasteiger partial charge >= 0.3 is 0 Å². The zero-order valence-electron chi connectivity index (χ0n) is 12.6. The predicted molar refractivity (Wildman–Crippen MR) is 90.6 cm³/mol. The van der Waals surface area contributed by atoms with Crippen LogP contribution in [-0.2, 0) is 0 Å². The van der Waals surface area contributed by atoms with Crippen molar-refractivity contribution in [1.82, 2.24) is 20.2 Å². The summed E-state index contributed by atoms with van der Waals surface area (Å²) in [6.07, 6.45) is 3.44. The minimum atomic E-state index is -0.548. The maximum atomic E-state index is 14.0. The number of hydrogen-bond acceptors (Lipinski definition) is 5. The van der Waals surface area contributed by atoms with E-state index < -0.39 is 5.82 Å². The van der Waals surface area contributed by atoms with Crippen LogP contribution >= 0.6 is 11.6 Å². The smallest absolute Gasteiger partial charge is 0.229 e. The van der Waals surface area contributed by atoms with Crippen molar-refractivity contribution in [3.05, 3.63) is 53.1 Å². The molecule has 0 radical (unpaired) electrons. The van der Waals surface area contributed by atoms with Crippen LogP contribution in [0, 0.1) is 5.82 Å². The molecule has 2 aromatic heterocycles. The van der Waals surface area contributed by atoms with E-state index in [1.165, 1.54) is 12.8 Å². The molecule has 0 bridgehead atoms. The Hall–Kier alpha value is -2.67. The molecular weight excluding hydrogens is 331 g/mol. The average Bonchev–Trinajstić information content (AvgIpc) is 3.33. The number of H-pyrrole nitrogens is 1. The van der Waals surface area contributed by atoms with E-state index in [0.717, 1.165) is 17.6 Å². The molecule has 24 heavy (non-hydrogen) atoms. The summed E-state index contributed by atoms with van der Waals surface area (Å²) in [5.74, 6) is 0.875. The molecule has 6 nitrogen and oxygen atoms in total. The fourth-order valence-corrected chi connectivity index (χ4v) is 2.43. The largest absolute Gasteiger partial charge is 0.324 e. The molecule has 3 aromatic rings. The predicted octanol–water partition coefficient (Wildman–Crippen LogP) is 4.36. The van der Waals surface area contributed by atoms with E-state index in [2.05, 4.69) is 30.8 Å². The van der Waals surface area contributed by atoms with Crippen LogP contribution in [0.15, 0.2) is 36.5 Å². The van der Waals surface area contributed by atoms with E-state index in [4.69, 9.17) is 11.6 Å². The van der Waals surface area contributed by atoms with Gasteiger partial charge in [-0.15, -0.1) is 0 Å². The molecule has 1 fully saturated rings. The van der Waals surface area contributed by atoms with Gasteiger partial charge in [0.15, 0.2) is 17.5 Å². The maximum Gasteiger partial charge on any atom is 0.229 e. The van der Waals surface area contributed by atoms with E-state index in [1.54, 1.807) is 24.3 Å². The number of halogens is 2. The number of aromatic amines is 1. The van der Waals surface area contributed by atoms with Gasteiger partial charge in [-0.1, -0.05) is 11.6 Å². The lowest BCUT2D eigenvalue weighted by atomic mass is 10.3. The minimum Gasteiger partial charge on any atom is -0.324 e. The van der Waals surface area contributed by atoms with Gasteiger partial charge in [0.25, 0.3) is 0 Å². The highest BCUT2D eigenvalue weighted by molar-refractivity contribution is 6.30. The number of aromatic nitrogens is 4. The molecule has 3 N–H and O–H groups in total. The van der Waals surface area contributed by atoms with Crippen LogP contribution in [0.2, 0.25) is 5.02 Å². The monoisotopic (exact) mass is 344 g/mol. The zero-order valence-corrected chi connectivity index (χ0v) is 13.3. The Bertz CT molecular complexity index is 859. The molecule has 2 heterocycles. The Labute approximate surface area is 142 Å². The Morgan fingerprint density at radius 2 is 1.96 bits per heavy atom. The van der Waals surface area contributed by atoms with Gasteiger partial charge in [0.05, 0.1) is 6.20 Å². The quantitative estimate of drug-likeness (QED) is 0.641. The van der Waals surface area contributed by atoms with Gasteiger partial charge in [0.1, 0.15) is 0 Å². The summed E-state index contributed by atoms with van der Waals surface area (Å²) in [6, 6.07) is 8.95. The molecule has 1 aliphatic rings. The topological polar surface area (TPSA) is 78.5 Å². The highest BCUT2D eigenvalue weighted by Crippen LogP contribution is 2.39. The Morgan fingerprint density at radius 1 is 1.17 bits per heavy atom. The maximum absolute atomic E-state index is 14.0. The van der Waals surface area contributed by atoms with Crippen LogP contribution in [0.25, 0.3) is 0 Å². The van der Waals surface area contributed by atoms with Crippen molar-refractivity contribution in [1.29, 1.82) is 0 Å². The number of rotatable bonds is 5. The molecule has 0 amide bonds. The third-order valence-corrected chi connectivity index (χ3v) is 3.96. The first kappa shape index (κ1) is 14.9. The number of anilines is 4. The first-order valence-corrected chi connectivity index (χ1v) is 7.92. The van der Waals surface area contributed by atoms with Crippen LogP contribution in [0.1, 0.15) is 24.5 Å². The molecular formula is C16H14ClFN6. The molecule has 0 saturated heterocycles. The molecule has 1 aliphatic carbocycles. The second kappa shape index (κ2) is 6.09. The fourth-order valence-electron chi connectivity index (χ4n) is 2.30. The lowest BCUT2D eigenvalue weighted by Crippen LogP contribution is -2.03. The summed E-state index contributed by atoms with van der Waals surface area (Å²) < 4.78 is 14.0. The zero-order chi connectivity index (χ0) is 16.5. The number of nitrogens with zero attached hydrogens (tertiary/aromatic N) is 3. The summed E-state index contributed by atoms with van der Waals surface area (Å²) in [4.78, 5) is 8.10. The summed E-state index contributed by atoms with van der Waals surface area (Å²) >= 11 is 5.85. The number of hydrogen-bond donors (Lipinski definition) is 3. The molecule has 8 heteroatoms.